The maximum atomic E-state index is 2.44. The first kappa shape index (κ1) is 26.6. The molecule has 0 spiro atoms. The van der Waals surface area contributed by atoms with Gasteiger partial charge in [-0.1, -0.05) is 120 Å². The molecule has 1 nitrogen and oxygen atoms in total. The number of aryl methyl sites for hydroxylation is 3. The molecule has 0 atom stereocenters. The van der Waals surface area contributed by atoms with E-state index >= 15 is 0 Å². The van der Waals surface area contributed by atoms with Crippen LogP contribution in [0.4, 0.5) is 17.1 Å². The molecule has 1 aliphatic rings. The van der Waals surface area contributed by atoms with Crippen molar-refractivity contribution in [2.45, 2.75) is 39.5 Å². The van der Waals surface area contributed by atoms with Gasteiger partial charge in [0.05, 0.1) is 0 Å². The second-order valence-electron chi connectivity index (χ2n) is 11.1. The van der Waals surface area contributed by atoms with Crippen LogP contribution >= 0.6 is 0 Å². The molecule has 202 valence electrons. The lowest BCUT2D eigenvalue weighted by molar-refractivity contribution is 0.686. The summed E-state index contributed by atoms with van der Waals surface area (Å²) in [5.74, 6) is 0. The van der Waals surface area contributed by atoms with Crippen LogP contribution in [0.2, 0.25) is 0 Å². The maximum absolute atomic E-state index is 2.44. The molecular formula is C40H37N. The van der Waals surface area contributed by atoms with Crippen molar-refractivity contribution < 1.29 is 0 Å². The fourth-order valence-corrected chi connectivity index (χ4v) is 5.61. The lowest BCUT2D eigenvalue weighted by Crippen LogP contribution is -2.15. The van der Waals surface area contributed by atoms with Gasteiger partial charge in [0.15, 0.2) is 0 Å². The summed E-state index contributed by atoms with van der Waals surface area (Å²) in [5, 5.41) is 0. The molecule has 0 bridgehead atoms. The van der Waals surface area contributed by atoms with Gasteiger partial charge in [0.25, 0.3) is 0 Å². The number of anilines is 3. The van der Waals surface area contributed by atoms with E-state index in [0.29, 0.717) is 0 Å². The third-order valence-electron chi connectivity index (χ3n) is 8.01. The van der Waals surface area contributed by atoms with Crippen molar-refractivity contribution in [3.63, 3.8) is 0 Å². The Morgan fingerprint density at radius 3 is 1.34 bits per heavy atom. The lowest BCUT2D eigenvalue weighted by Gasteiger charge is -2.30. The van der Waals surface area contributed by atoms with E-state index in [2.05, 4.69) is 158 Å². The molecular weight excluding hydrogens is 494 g/mol. The summed E-state index contributed by atoms with van der Waals surface area (Å²) in [6.07, 6.45) is 13.6. The van der Waals surface area contributed by atoms with E-state index in [1.165, 1.54) is 80.8 Å². The highest BCUT2D eigenvalue weighted by Gasteiger charge is 2.20. The standard InChI is InChI=1S/C40H37N/c1-30-10-14-32(15-11-30)18-20-34-22-26-37(27-23-34)41(40-9-5-7-36-6-3-4-8-39(36)40)38-28-24-35(25-29-38)21-19-33-16-12-31(2)13-17-33/h5,7,9-29H,3-4,6,8H2,1-2H3. The van der Waals surface area contributed by atoms with Gasteiger partial charge in [0.2, 0.25) is 0 Å². The van der Waals surface area contributed by atoms with Crippen LogP contribution in [0.5, 0.6) is 0 Å². The van der Waals surface area contributed by atoms with Crippen molar-refractivity contribution >= 4 is 41.4 Å². The summed E-state index contributed by atoms with van der Waals surface area (Å²) in [6.45, 7) is 4.25. The van der Waals surface area contributed by atoms with E-state index in [1.807, 2.05) is 0 Å². The first-order valence-corrected chi connectivity index (χ1v) is 14.7. The minimum Gasteiger partial charge on any atom is -0.310 e. The smallest absolute Gasteiger partial charge is 0.0496 e. The van der Waals surface area contributed by atoms with Crippen LogP contribution in [-0.4, -0.2) is 0 Å². The van der Waals surface area contributed by atoms with Crippen LogP contribution in [-0.2, 0) is 12.8 Å². The predicted octanol–water partition coefficient (Wildman–Crippen LogP) is 11.0. The van der Waals surface area contributed by atoms with E-state index < -0.39 is 0 Å². The quantitative estimate of drug-likeness (QED) is 0.189. The molecule has 0 heterocycles. The second-order valence-corrected chi connectivity index (χ2v) is 11.1. The highest BCUT2D eigenvalue weighted by molar-refractivity contribution is 5.81. The van der Waals surface area contributed by atoms with E-state index in [9.17, 15) is 0 Å². The van der Waals surface area contributed by atoms with Gasteiger partial charge in [-0.25, -0.2) is 0 Å². The number of hydrogen-bond acceptors (Lipinski definition) is 1. The molecule has 0 saturated heterocycles. The number of nitrogens with zero attached hydrogens (tertiary/aromatic N) is 1. The van der Waals surface area contributed by atoms with Gasteiger partial charge in [0.1, 0.15) is 0 Å². The number of hydrogen-bond donors (Lipinski definition) is 0. The summed E-state index contributed by atoms with van der Waals surface area (Å²) < 4.78 is 0. The molecule has 5 aromatic carbocycles. The summed E-state index contributed by atoms with van der Waals surface area (Å²) in [4.78, 5) is 2.44. The Kier molecular flexibility index (Phi) is 7.96. The molecule has 0 saturated carbocycles. The maximum Gasteiger partial charge on any atom is 0.0496 e. The molecule has 1 aliphatic carbocycles. The highest BCUT2D eigenvalue weighted by atomic mass is 15.1. The van der Waals surface area contributed by atoms with E-state index in [-0.39, 0.29) is 0 Å². The molecule has 1 heteroatoms. The van der Waals surface area contributed by atoms with E-state index in [0.717, 1.165) is 6.42 Å². The topological polar surface area (TPSA) is 3.24 Å². The zero-order chi connectivity index (χ0) is 28.0. The Morgan fingerprint density at radius 1 is 0.463 bits per heavy atom. The first-order valence-electron chi connectivity index (χ1n) is 14.7. The minimum atomic E-state index is 1.14. The highest BCUT2D eigenvalue weighted by Crippen LogP contribution is 2.40. The summed E-state index contributed by atoms with van der Waals surface area (Å²) in [5.41, 5.74) is 14.0. The molecule has 5 aromatic rings. The van der Waals surface area contributed by atoms with Crippen molar-refractivity contribution in [2.24, 2.45) is 0 Å². The third-order valence-corrected chi connectivity index (χ3v) is 8.01. The Balaban J connectivity index is 1.32. The van der Waals surface area contributed by atoms with Crippen LogP contribution < -0.4 is 4.90 Å². The normalized spacial score (nSPS) is 13.0. The van der Waals surface area contributed by atoms with Crippen LogP contribution in [0.1, 0.15) is 57.3 Å². The predicted molar refractivity (Wildman–Crippen MR) is 178 cm³/mol. The Hall–Kier alpha value is -4.62. The fraction of sp³-hybridized carbons (Fsp3) is 0.150. The zero-order valence-corrected chi connectivity index (χ0v) is 24.1. The Bertz CT molecular complexity index is 1550. The molecule has 0 radical (unpaired) electrons. The number of fused-ring (bicyclic) bond motifs is 1. The van der Waals surface area contributed by atoms with Crippen molar-refractivity contribution in [3.8, 4) is 0 Å². The van der Waals surface area contributed by atoms with Crippen LogP contribution in [0.3, 0.4) is 0 Å². The van der Waals surface area contributed by atoms with Crippen molar-refractivity contribution in [2.75, 3.05) is 4.90 Å². The average Bonchev–Trinajstić information content (AvgIpc) is 3.02. The van der Waals surface area contributed by atoms with Crippen LogP contribution in [0.15, 0.2) is 115 Å². The van der Waals surface area contributed by atoms with Crippen LogP contribution in [0, 0.1) is 13.8 Å². The second kappa shape index (κ2) is 12.3. The van der Waals surface area contributed by atoms with Crippen molar-refractivity contribution in [3.05, 3.63) is 160 Å². The van der Waals surface area contributed by atoms with Gasteiger partial charge in [-0.05, 0) is 103 Å². The van der Waals surface area contributed by atoms with Gasteiger partial charge >= 0.3 is 0 Å². The third kappa shape index (κ3) is 6.42. The Labute approximate surface area is 245 Å². The molecule has 0 N–H and O–H groups in total. The lowest BCUT2D eigenvalue weighted by atomic mass is 9.90. The van der Waals surface area contributed by atoms with Crippen LogP contribution in [0.25, 0.3) is 24.3 Å². The molecule has 6 rings (SSSR count). The molecule has 0 amide bonds. The van der Waals surface area contributed by atoms with Crippen molar-refractivity contribution in [1.29, 1.82) is 0 Å². The minimum absolute atomic E-state index is 1.14. The summed E-state index contributed by atoms with van der Waals surface area (Å²) in [7, 11) is 0. The number of benzene rings is 5. The number of rotatable bonds is 7. The monoisotopic (exact) mass is 531 g/mol. The molecule has 0 aromatic heterocycles. The SMILES string of the molecule is Cc1ccc(C=Cc2ccc(N(c3ccc(C=Cc4ccc(C)cc4)cc3)c3cccc4c3CCCC4)cc2)cc1. The molecule has 0 unspecified atom stereocenters. The van der Waals surface area contributed by atoms with Gasteiger partial charge < -0.3 is 4.90 Å². The average molecular weight is 532 g/mol. The Morgan fingerprint density at radius 2 is 0.878 bits per heavy atom. The van der Waals surface area contributed by atoms with E-state index in [4.69, 9.17) is 0 Å². The largest absolute Gasteiger partial charge is 0.310 e. The van der Waals surface area contributed by atoms with E-state index in [1.54, 1.807) is 0 Å². The van der Waals surface area contributed by atoms with Gasteiger partial charge in [-0.2, -0.15) is 0 Å². The van der Waals surface area contributed by atoms with Gasteiger partial charge in [-0.15, -0.1) is 0 Å². The zero-order valence-electron chi connectivity index (χ0n) is 24.1. The van der Waals surface area contributed by atoms with Gasteiger partial charge in [0, 0.05) is 17.1 Å². The van der Waals surface area contributed by atoms with Gasteiger partial charge in [-0.3, -0.25) is 0 Å². The molecule has 0 fully saturated rings. The fourth-order valence-electron chi connectivity index (χ4n) is 5.61. The molecule has 0 aliphatic heterocycles. The summed E-state index contributed by atoms with van der Waals surface area (Å²) in [6, 6.07) is 42.0. The summed E-state index contributed by atoms with van der Waals surface area (Å²) >= 11 is 0. The molecule has 41 heavy (non-hydrogen) atoms. The van der Waals surface area contributed by atoms with Crippen molar-refractivity contribution in [1.82, 2.24) is 0 Å². The first-order chi connectivity index (χ1) is 20.1.